The van der Waals surface area contributed by atoms with Crippen LogP contribution >= 0.6 is 11.3 Å². The van der Waals surface area contributed by atoms with E-state index in [-0.39, 0.29) is 24.3 Å². The summed E-state index contributed by atoms with van der Waals surface area (Å²) in [6, 6.07) is 12.6. The predicted molar refractivity (Wildman–Crippen MR) is 115 cm³/mol. The van der Waals surface area contributed by atoms with Crippen molar-refractivity contribution in [3.63, 3.8) is 0 Å². The van der Waals surface area contributed by atoms with Crippen molar-refractivity contribution in [2.75, 3.05) is 18.5 Å². The van der Waals surface area contributed by atoms with Crippen LogP contribution in [0.1, 0.15) is 28.9 Å². The van der Waals surface area contributed by atoms with E-state index in [1.165, 1.54) is 11.3 Å². The Morgan fingerprint density at radius 3 is 2.83 bits per heavy atom. The van der Waals surface area contributed by atoms with Gasteiger partial charge in [0.15, 0.2) is 0 Å². The van der Waals surface area contributed by atoms with Gasteiger partial charge in [-0.2, -0.15) is 0 Å². The van der Waals surface area contributed by atoms with Crippen molar-refractivity contribution in [3.05, 3.63) is 65.3 Å². The van der Waals surface area contributed by atoms with Gasteiger partial charge in [0.25, 0.3) is 5.91 Å². The van der Waals surface area contributed by atoms with E-state index < -0.39 is 0 Å². The molecule has 154 valence electrons. The second-order valence-corrected chi connectivity index (χ2v) is 7.83. The molecule has 0 aliphatic carbocycles. The van der Waals surface area contributed by atoms with Crippen LogP contribution in [0.15, 0.2) is 54.0 Å². The van der Waals surface area contributed by atoms with Crippen molar-refractivity contribution in [1.82, 2.24) is 15.3 Å². The molecule has 1 aliphatic rings. The van der Waals surface area contributed by atoms with Gasteiger partial charge in [0, 0.05) is 24.7 Å². The van der Waals surface area contributed by atoms with Crippen LogP contribution in [0, 0.1) is 0 Å². The van der Waals surface area contributed by atoms with Crippen molar-refractivity contribution in [1.29, 1.82) is 0 Å². The number of anilines is 1. The number of nitrogens with zero attached hydrogens (tertiary/aromatic N) is 2. The smallest absolute Gasteiger partial charge is 0.253 e. The lowest BCUT2D eigenvalue weighted by Gasteiger charge is -2.13. The van der Waals surface area contributed by atoms with Crippen LogP contribution in [0.25, 0.3) is 10.7 Å². The van der Waals surface area contributed by atoms with Crippen LogP contribution in [0.3, 0.4) is 0 Å². The molecule has 0 saturated carbocycles. The van der Waals surface area contributed by atoms with Gasteiger partial charge in [0.2, 0.25) is 5.91 Å². The average molecular weight is 423 g/mol. The van der Waals surface area contributed by atoms with Crippen LogP contribution in [0.5, 0.6) is 0 Å². The first-order chi connectivity index (χ1) is 14.7. The van der Waals surface area contributed by atoms with E-state index in [0.29, 0.717) is 23.5 Å². The zero-order valence-corrected chi connectivity index (χ0v) is 17.2. The number of thiazole rings is 1. The molecule has 1 atom stereocenters. The highest BCUT2D eigenvalue weighted by Crippen LogP contribution is 2.22. The summed E-state index contributed by atoms with van der Waals surface area (Å²) in [6.45, 7) is 1.21. The lowest BCUT2D eigenvalue weighted by Crippen LogP contribution is -2.32. The third kappa shape index (κ3) is 5.08. The summed E-state index contributed by atoms with van der Waals surface area (Å²) in [6.07, 6.45) is 3.87. The summed E-state index contributed by atoms with van der Waals surface area (Å²) in [5, 5.41) is 8.35. The van der Waals surface area contributed by atoms with E-state index in [1.807, 2.05) is 23.6 Å². The van der Waals surface area contributed by atoms with Crippen LogP contribution in [-0.2, 0) is 16.0 Å². The molecule has 1 aliphatic heterocycles. The Kier molecular flexibility index (Phi) is 6.46. The molecule has 0 spiro atoms. The van der Waals surface area contributed by atoms with Gasteiger partial charge >= 0.3 is 0 Å². The molecule has 2 N–H and O–H groups in total. The Morgan fingerprint density at radius 1 is 1.17 bits per heavy atom. The fraction of sp³-hybridized carbons (Fsp3) is 0.273. The largest absolute Gasteiger partial charge is 0.376 e. The maximum Gasteiger partial charge on any atom is 0.253 e. The molecule has 30 heavy (non-hydrogen) atoms. The van der Waals surface area contributed by atoms with E-state index in [2.05, 4.69) is 20.6 Å². The molecule has 1 saturated heterocycles. The summed E-state index contributed by atoms with van der Waals surface area (Å²) >= 11 is 1.45. The van der Waals surface area contributed by atoms with Crippen LogP contribution < -0.4 is 10.6 Å². The second kappa shape index (κ2) is 9.60. The molecule has 1 aromatic carbocycles. The van der Waals surface area contributed by atoms with Crippen molar-refractivity contribution in [2.45, 2.75) is 25.4 Å². The van der Waals surface area contributed by atoms with Crippen molar-refractivity contribution in [2.24, 2.45) is 0 Å². The second-order valence-electron chi connectivity index (χ2n) is 6.97. The summed E-state index contributed by atoms with van der Waals surface area (Å²) in [5.74, 6) is -0.459. The molecular formula is C22H22N4O3S. The van der Waals surface area contributed by atoms with Gasteiger partial charge < -0.3 is 15.4 Å². The third-order valence-electron chi connectivity index (χ3n) is 4.74. The lowest BCUT2D eigenvalue weighted by atomic mass is 10.1. The number of carbonyl (C=O) groups is 2. The van der Waals surface area contributed by atoms with Gasteiger partial charge in [-0.25, -0.2) is 4.98 Å². The number of para-hydroxylation sites is 1. The Hall–Kier alpha value is -3.10. The van der Waals surface area contributed by atoms with Gasteiger partial charge in [-0.1, -0.05) is 18.2 Å². The number of nitrogens with one attached hydrogen (secondary N) is 2. The average Bonchev–Trinajstić information content (AvgIpc) is 3.45. The van der Waals surface area contributed by atoms with E-state index in [9.17, 15) is 9.59 Å². The minimum atomic E-state index is -0.229. The molecule has 1 unspecified atom stereocenters. The van der Waals surface area contributed by atoms with Gasteiger partial charge in [-0.05, 0) is 37.1 Å². The Balaban J connectivity index is 1.37. The fourth-order valence-corrected chi connectivity index (χ4v) is 4.05. The number of carbonyl (C=O) groups excluding carboxylic acids is 2. The number of ether oxygens (including phenoxy) is 1. The van der Waals surface area contributed by atoms with Gasteiger partial charge in [0.05, 0.1) is 35.2 Å². The molecule has 2 aromatic heterocycles. The maximum atomic E-state index is 12.6. The first kappa shape index (κ1) is 20.2. The Morgan fingerprint density at radius 2 is 2.03 bits per heavy atom. The molecule has 0 bridgehead atoms. The molecule has 8 heteroatoms. The Bertz CT molecular complexity index is 1020. The number of pyridine rings is 1. The van der Waals surface area contributed by atoms with Crippen molar-refractivity contribution >= 4 is 28.8 Å². The third-order valence-corrected chi connectivity index (χ3v) is 5.65. The first-order valence-electron chi connectivity index (χ1n) is 9.83. The summed E-state index contributed by atoms with van der Waals surface area (Å²) in [7, 11) is 0. The lowest BCUT2D eigenvalue weighted by molar-refractivity contribution is -0.115. The molecule has 2 amide bonds. The quantitative estimate of drug-likeness (QED) is 0.609. The monoisotopic (exact) mass is 422 g/mol. The van der Waals surface area contributed by atoms with Gasteiger partial charge in [-0.3, -0.25) is 14.6 Å². The molecule has 7 nitrogen and oxygen atoms in total. The molecule has 3 aromatic rings. The van der Waals surface area contributed by atoms with Crippen molar-refractivity contribution < 1.29 is 14.3 Å². The zero-order chi connectivity index (χ0) is 20.8. The molecule has 1 fully saturated rings. The van der Waals surface area contributed by atoms with Gasteiger partial charge in [0.1, 0.15) is 5.01 Å². The van der Waals surface area contributed by atoms with E-state index in [4.69, 9.17) is 4.74 Å². The standard InChI is InChI=1S/C22H22N4O3S/c27-20(12-15-14-30-22(25-15)19-9-3-4-10-23-19)26-18-8-2-1-7-17(18)21(28)24-13-16-6-5-11-29-16/h1-4,7-10,14,16H,5-6,11-13H2,(H,24,28)(H,26,27). The molecular weight excluding hydrogens is 400 g/mol. The maximum absolute atomic E-state index is 12.6. The van der Waals surface area contributed by atoms with E-state index in [1.54, 1.807) is 30.5 Å². The van der Waals surface area contributed by atoms with Crippen LogP contribution in [0.4, 0.5) is 5.69 Å². The predicted octanol–water partition coefficient (Wildman–Crippen LogP) is 3.30. The first-order valence-corrected chi connectivity index (χ1v) is 10.7. The molecule has 4 rings (SSSR count). The molecule has 3 heterocycles. The highest BCUT2D eigenvalue weighted by molar-refractivity contribution is 7.13. The number of amides is 2. The summed E-state index contributed by atoms with van der Waals surface area (Å²) in [5.41, 5.74) is 2.35. The van der Waals surface area contributed by atoms with Crippen molar-refractivity contribution in [3.8, 4) is 10.7 Å². The van der Waals surface area contributed by atoms with E-state index >= 15 is 0 Å². The number of rotatable bonds is 7. The number of hydrogen-bond donors (Lipinski definition) is 2. The highest BCUT2D eigenvalue weighted by atomic mass is 32.1. The fourth-order valence-electron chi connectivity index (χ4n) is 3.25. The van der Waals surface area contributed by atoms with Gasteiger partial charge in [-0.15, -0.1) is 11.3 Å². The number of benzene rings is 1. The van der Waals surface area contributed by atoms with Crippen LogP contribution in [-0.4, -0.2) is 41.0 Å². The van der Waals surface area contributed by atoms with E-state index in [0.717, 1.165) is 30.2 Å². The Labute approximate surface area is 178 Å². The topological polar surface area (TPSA) is 93.2 Å². The van der Waals surface area contributed by atoms with Crippen LogP contribution in [0.2, 0.25) is 0 Å². The zero-order valence-electron chi connectivity index (χ0n) is 16.3. The highest BCUT2D eigenvalue weighted by Gasteiger charge is 2.19. The summed E-state index contributed by atoms with van der Waals surface area (Å²) in [4.78, 5) is 33.9. The SMILES string of the molecule is O=C(Cc1csc(-c2ccccn2)n1)Nc1ccccc1C(=O)NCC1CCCO1. The normalized spacial score (nSPS) is 15.7. The summed E-state index contributed by atoms with van der Waals surface area (Å²) < 4.78 is 5.54. The number of hydrogen-bond acceptors (Lipinski definition) is 6. The molecule has 0 radical (unpaired) electrons. The minimum Gasteiger partial charge on any atom is -0.376 e. The number of aromatic nitrogens is 2. The minimum absolute atomic E-state index is 0.0636.